The molecule has 0 unspecified atom stereocenters. The molecule has 0 fully saturated rings. The monoisotopic (exact) mass is 269 g/mol. The second-order valence-electron chi connectivity index (χ2n) is 3.16. The zero-order valence-corrected chi connectivity index (χ0v) is 12.0. The van der Waals surface area contributed by atoms with Gasteiger partial charge in [-0.25, -0.2) is 0 Å². The fourth-order valence-electron chi connectivity index (χ4n) is 1.28. The average molecular weight is 270 g/mol. The van der Waals surface area contributed by atoms with Crippen molar-refractivity contribution in [2.75, 3.05) is 26.2 Å². The molecule has 0 aromatic carbocycles. The summed E-state index contributed by atoms with van der Waals surface area (Å²) in [6, 6.07) is 0. The molecule has 0 aliphatic carbocycles. The van der Waals surface area contributed by atoms with Crippen molar-refractivity contribution in [3.8, 4) is 0 Å². The lowest BCUT2D eigenvalue weighted by Crippen LogP contribution is -2.25. The van der Waals surface area contributed by atoms with Crippen molar-refractivity contribution in [3.05, 3.63) is 0 Å². The molecule has 1 N–H and O–H groups in total. The molecular weight excluding hydrogens is 242 g/mol. The van der Waals surface area contributed by atoms with Gasteiger partial charge < -0.3 is 10.0 Å². The Hall–Kier alpha value is 0.400. The normalized spacial score (nSPS) is 9.00. The van der Waals surface area contributed by atoms with Gasteiger partial charge in [0.05, 0.1) is 0 Å². The highest BCUT2D eigenvalue weighted by Crippen LogP contribution is 1.94. The van der Waals surface area contributed by atoms with Crippen molar-refractivity contribution < 1.29 is 5.11 Å². The Balaban J connectivity index is -0.000000267. The van der Waals surface area contributed by atoms with Crippen LogP contribution in [0.25, 0.3) is 0 Å². The van der Waals surface area contributed by atoms with Gasteiger partial charge in [0, 0.05) is 6.61 Å². The molecule has 0 bridgehead atoms. The zero-order chi connectivity index (χ0) is 10.5. The predicted octanol–water partition coefficient (Wildman–Crippen LogP) is 3.09. The van der Waals surface area contributed by atoms with E-state index in [0.29, 0.717) is 0 Å². The first-order chi connectivity index (χ1) is 6.26. The van der Waals surface area contributed by atoms with Crippen molar-refractivity contribution in [2.24, 2.45) is 0 Å². The Bertz CT molecular complexity index is 67.4. The van der Waals surface area contributed by atoms with Crippen LogP contribution in [0.3, 0.4) is 0 Å². The third kappa shape index (κ3) is 18.2. The minimum absolute atomic E-state index is 0. The van der Waals surface area contributed by atoms with E-state index in [4.69, 9.17) is 5.11 Å². The van der Waals surface area contributed by atoms with Crippen molar-refractivity contribution in [3.63, 3.8) is 0 Å². The van der Waals surface area contributed by atoms with Gasteiger partial charge in [0.2, 0.25) is 0 Å². The van der Waals surface area contributed by atoms with Crippen molar-refractivity contribution >= 4 is 17.0 Å². The minimum atomic E-state index is 0. The van der Waals surface area contributed by atoms with E-state index >= 15 is 0 Å². The third-order valence-corrected chi connectivity index (χ3v) is 1.62. The molecule has 0 aromatic heterocycles. The molecule has 2 nitrogen and oxygen atoms in total. The van der Waals surface area contributed by atoms with Crippen LogP contribution >= 0.6 is 17.0 Å². The average Bonchev–Trinajstić information content (AvgIpc) is 2.07. The number of aliphatic hydroxyl groups is 1. The van der Waals surface area contributed by atoms with Crippen LogP contribution in [0, 0.1) is 0 Å². The number of hydrogen-bond donors (Lipinski definition) is 1. The summed E-state index contributed by atoms with van der Waals surface area (Å²) in [5, 5.41) is 7.57. The first-order valence-electron chi connectivity index (χ1n) is 5.59. The van der Waals surface area contributed by atoms with Crippen molar-refractivity contribution in [2.45, 2.75) is 47.0 Å². The van der Waals surface area contributed by atoms with E-state index in [-0.39, 0.29) is 23.6 Å². The molecular formula is C11H28BrNO. The minimum Gasteiger partial charge on any atom is -0.397 e. The Kier molecular flexibility index (Phi) is 27.1. The largest absolute Gasteiger partial charge is 0.397 e. The van der Waals surface area contributed by atoms with Crippen LogP contribution in [0.1, 0.15) is 47.0 Å². The molecule has 90 valence electrons. The summed E-state index contributed by atoms with van der Waals surface area (Å²) in [6.07, 6.45) is 3.88. The topological polar surface area (TPSA) is 23.5 Å². The summed E-state index contributed by atoms with van der Waals surface area (Å²) in [6.45, 7) is 12.5. The van der Waals surface area contributed by atoms with Crippen LogP contribution in [0.4, 0.5) is 0 Å². The van der Waals surface area contributed by atoms with Gasteiger partial charge in [-0.3, -0.25) is 0 Å². The standard InChI is InChI=1S/C9H21N.C2H6O.BrH/c1-4-7-10(8-5-2)9-6-3;1-2-3;/h4-9H2,1-3H3;3H,2H2,1H3;1H. The summed E-state index contributed by atoms with van der Waals surface area (Å²) < 4.78 is 0. The van der Waals surface area contributed by atoms with Gasteiger partial charge in [-0.1, -0.05) is 20.8 Å². The van der Waals surface area contributed by atoms with E-state index in [0.717, 1.165) is 0 Å². The molecule has 0 aliphatic heterocycles. The van der Waals surface area contributed by atoms with E-state index < -0.39 is 0 Å². The molecule has 0 atom stereocenters. The van der Waals surface area contributed by atoms with Crippen LogP contribution < -0.4 is 0 Å². The maximum Gasteiger partial charge on any atom is 0.0402 e. The Labute approximate surface area is 100 Å². The lowest BCUT2D eigenvalue weighted by Gasteiger charge is -2.19. The van der Waals surface area contributed by atoms with E-state index in [1.807, 2.05) is 0 Å². The quantitative estimate of drug-likeness (QED) is 0.801. The van der Waals surface area contributed by atoms with Crippen LogP contribution in [0.2, 0.25) is 0 Å². The highest BCUT2D eigenvalue weighted by molar-refractivity contribution is 8.93. The number of hydrogen-bond acceptors (Lipinski definition) is 2. The van der Waals surface area contributed by atoms with Crippen LogP contribution in [-0.4, -0.2) is 36.2 Å². The van der Waals surface area contributed by atoms with Gasteiger partial charge >= 0.3 is 0 Å². The van der Waals surface area contributed by atoms with Gasteiger partial charge in [0.1, 0.15) is 0 Å². The highest BCUT2D eigenvalue weighted by Gasteiger charge is 1.98. The molecule has 3 heteroatoms. The summed E-state index contributed by atoms with van der Waals surface area (Å²) in [5.74, 6) is 0. The maximum atomic E-state index is 7.57. The molecule has 0 rings (SSSR count). The van der Waals surface area contributed by atoms with Crippen LogP contribution in [0.5, 0.6) is 0 Å². The van der Waals surface area contributed by atoms with Gasteiger partial charge in [-0.15, -0.1) is 17.0 Å². The highest BCUT2D eigenvalue weighted by atomic mass is 79.9. The summed E-state index contributed by atoms with van der Waals surface area (Å²) in [4.78, 5) is 2.54. The molecule has 0 saturated carbocycles. The number of rotatable bonds is 6. The van der Waals surface area contributed by atoms with Crippen molar-refractivity contribution in [1.29, 1.82) is 0 Å². The maximum absolute atomic E-state index is 7.57. The second-order valence-corrected chi connectivity index (χ2v) is 3.16. The number of nitrogens with zero attached hydrogens (tertiary/aromatic N) is 1. The van der Waals surface area contributed by atoms with E-state index in [1.54, 1.807) is 6.92 Å². The SMILES string of the molecule is Br.CCCN(CCC)CCC.CCO. The predicted molar refractivity (Wildman–Crippen MR) is 70.4 cm³/mol. The summed E-state index contributed by atoms with van der Waals surface area (Å²) in [7, 11) is 0. The van der Waals surface area contributed by atoms with Gasteiger partial charge in [0.25, 0.3) is 0 Å². The Morgan fingerprint density at radius 2 is 1.00 bits per heavy atom. The van der Waals surface area contributed by atoms with Crippen LogP contribution in [0.15, 0.2) is 0 Å². The summed E-state index contributed by atoms with van der Waals surface area (Å²) in [5.41, 5.74) is 0. The number of halogens is 1. The summed E-state index contributed by atoms with van der Waals surface area (Å²) >= 11 is 0. The Morgan fingerprint density at radius 3 is 1.14 bits per heavy atom. The zero-order valence-electron chi connectivity index (χ0n) is 10.3. The second kappa shape index (κ2) is 19.0. The first kappa shape index (κ1) is 19.9. The molecule has 0 aliphatic rings. The van der Waals surface area contributed by atoms with Gasteiger partial charge in [0.15, 0.2) is 0 Å². The van der Waals surface area contributed by atoms with E-state index in [1.165, 1.54) is 38.9 Å². The van der Waals surface area contributed by atoms with Crippen LogP contribution in [-0.2, 0) is 0 Å². The fraction of sp³-hybridized carbons (Fsp3) is 1.00. The first-order valence-corrected chi connectivity index (χ1v) is 5.59. The van der Waals surface area contributed by atoms with Crippen molar-refractivity contribution in [1.82, 2.24) is 4.90 Å². The van der Waals surface area contributed by atoms with Gasteiger partial charge in [-0.2, -0.15) is 0 Å². The molecule has 0 amide bonds. The fourth-order valence-corrected chi connectivity index (χ4v) is 1.28. The van der Waals surface area contributed by atoms with Gasteiger partial charge in [-0.05, 0) is 45.8 Å². The molecule has 0 radical (unpaired) electrons. The smallest absolute Gasteiger partial charge is 0.0402 e. The van der Waals surface area contributed by atoms with E-state index in [9.17, 15) is 0 Å². The molecule has 0 saturated heterocycles. The van der Waals surface area contributed by atoms with E-state index in [2.05, 4.69) is 25.7 Å². The third-order valence-electron chi connectivity index (χ3n) is 1.62. The molecule has 0 spiro atoms. The molecule has 0 heterocycles. The Morgan fingerprint density at radius 1 is 0.786 bits per heavy atom. The number of aliphatic hydroxyl groups excluding tert-OH is 1. The molecule has 14 heavy (non-hydrogen) atoms. The molecule has 0 aromatic rings. The lowest BCUT2D eigenvalue weighted by atomic mass is 10.3. The lowest BCUT2D eigenvalue weighted by molar-refractivity contribution is 0.275.